The number of furan rings is 1. The van der Waals surface area contributed by atoms with Crippen molar-refractivity contribution in [2.75, 3.05) is 0 Å². The van der Waals surface area contributed by atoms with Crippen LogP contribution < -0.4 is 15.6 Å². The lowest BCUT2D eigenvalue weighted by atomic mass is 10.2. The van der Waals surface area contributed by atoms with Crippen LogP contribution in [0.2, 0.25) is 0 Å². The maximum absolute atomic E-state index is 12.2. The molecule has 0 radical (unpaired) electrons. The molecule has 0 fully saturated rings. The standard InChI is InChI=1S/C18H17N3O4S/c1-11-6-16(12(2)25-11)18(23)21-20-17(22)13-4-3-5-15(7-13)24-8-14-9-26-10-19-14/h3-7,9-10H,8H2,1-2H3,(H,20,22)(H,21,23). The topological polar surface area (TPSA) is 93.5 Å². The van der Waals surface area contributed by atoms with Crippen molar-refractivity contribution in [3.8, 4) is 5.75 Å². The largest absolute Gasteiger partial charge is 0.487 e. The number of hydrazine groups is 1. The molecule has 26 heavy (non-hydrogen) atoms. The van der Waals surface area contributed by atoms with Gasteiger partial charge in [0.05, 0.1) is 16.8 Å². The molecule has 2 aromatic heterocycles. The number of nitrogens with one attached hydrogen (secondary N) is 2. The average Bonchev–Trinajstić information content (AvgIpc) is 3.27. The minimum Gasteiger partial charge on any atom is -0.487 e. The highest BCUT2D eigenvalue weighted by Crippen LogP contribution is 2.16. The number of carbonyl (C=O) groups is 2. The second-order valence-electron chi connectivity index (χ2n) is 5.53. The second-order valence-corrected chi connectivity index (χ2v) is 6.25. The number of hydrogen-bond donors (Lipinski definition) is 2. The normalized spacial score (nSPS) is 10.4. The van der Waals surface area contributed by atoms with Crippen molar-refractivity contribution in [3.63, 3.8) is 0 Å². The molecular weight excluding hydrogens is 354 g/mol. The van der Waals surface area contributed by atoms with Crippen LogP contribution >= 0.6 is 11.3 Å². The van der Waals surface area contributed by atoms with Crippen LogP contribution in [-0.4, -0.2) is 16.8 Å². The van der Waals surface area contributed by atoms with Crippen molar-refractivity contribution < 1.29 is 18.7 Å². The van der Waals surface area contributed by atoms with Gasteiger partial charge >= 0.3 is 0 Å². The van der Waals surface area contributed by atoms with E-state index in [9.17, 15) is 9.59 Å². The lowest BCUT2D eigenvalue weighted by Gasteiger charge is -2.09. The fourth-order valence-electron chi connectivity index (χ4n) is 2.30. The molecule has 2 amide bonds. The van der Waals surface area contributed by atoms with Gasteiger partial charge in [0, 0.05) is 10.9 Å². The molecule has 3 rings (SSSR count). The summed E-state index contributed by atoms with van der Waals surface area (Å²) in [5, 5.41) is 1.89. The second kappa shape index (κ2) is 7.83. The summed E-state index contributed by atoms with van der Waals surface area (Å²) < 4.78 is 10.9. The molecule has 3 aromatic rings. The number of nitrogens with zero attached hydrogens (tertiary/aromatic N) is 1. The lowest BCUT2D eigenvalue weighted by Crippen LogP contribution is -2.41. The Bertz CT molecular complexity index is 918. The van der Waals surface area contributed by atoms with Crippen molar-refractivity contribution in [2.45, 2.75) is 20.5 Å². The molecule has 0 aliphatic rings. The van der Waals surface area contributed by atoms with Gasteiger partial charge in [0.15, 0.2) is 0 Å². The number of aryl methyl sites for hydroxylation is 2. The summed E-state index contributed by atoms with van der Waals surface area (Å²) in [7, 11) is 0. The smallest absolute Gasteiger partial charge is 0.273 e. The fraction of sp³-hybridized carbons (Fsp3) is 0.167. The third-order valence-electron chi connectivity index (χ3n) is 3.54. The Kier molecular flexibility index (Phi) is 5.33. The van der Waals surface area contributed by atoms with Gasteiger partial charge < -0.3 is 9.15 Å². The quantitative estimate of drug-likeness (QED) is 0.673. The Morgan fingerprint density at radius 1 is 1.19 bits per heavy atom. The number of carbonyl (C=O) groups excluding carboxylic acids is 2. The van der Waals surface area contributed by atoms with Gasteiger partial charge in [-0.2, -0.15) is 0 Å². The molecule has 0 aliphatic heterocycles. The zero-order chi connectivity index (χ0) is 18.5. The van der Waals surface area contributed by atoms with Crippen molar-refractivity contribution in [3.05, 3.63) is 69.6 Å². The molecule has 2 N–H and O–H groups in total. The van der Waals surface area contributed by atoms with E-state index in [1.807, 2.05) is 5.38 Å². The van der Waals surface area contributed by atoms with Gasteiger partial charge in [-0.15, -0.1) is 11.3 Å². The Labute approximate surface area is 154 Å². The van der Waals surface area contributed by atoms with E-state index in [2.05, 4.69) is 15.8 Å². The summed E-state index contributed by atoms with van der Waals surface area (Å²) in [6.45, 7) is 3.76. The molecule has 0 saturated heterocycles. The van der Waals surface area contributed by atoms with Crippen LogP contribution in [0, 0.1) is 13.8 Å². The summed E-state index contributed by atoms with van der Waals surface area (Å²) >= 11 is 1.49. The molecule has 0 saturated carbocycles. The van der Waals surface area contributed by atoms with Gasteiger partial charge in [-0.3, -0.25) is 20.4 Å². The molecule has 0 aliphatic carbocycles. The number of thiazole rings is 1. The van der Waals surface area contributed by atoms with Crippen molar-refractivity contribution in [1.29, 1.82) is 0 Å². The van der Waals surface area contributed by atoms with E-state index >= 15 is 0 Å². The monoisotopic (exact) mass is 371 g/mol. The number of rotatable bonds is 5. The first-order valence-electron chi connectivity index (χ1n) is 7.80. The molecule has 0 atom stereocenters. The van der Waals surface area contributed by atoms with Crippen LogP contribution in [0.15, 0.2) is 45.6 Å². The molecule has 8 heteroatoms. The number of aromatic nitrogens is 1. The summed E-state index contributed by atoms with van der Waals surface area (Å²) in [6.07, 6.45) is 0. The fourth-order valence-corrected chi connectivity index (χ4v) is 2.85. The van der Waals surface area contributed by atoms with E-state index in [4.69, 9.17) is 9.15 Å². The highest BCUT2D eigenvalue weighted by atomic mass is 32.1. The highest BCUT2D eigenvalue weighted by Gasteiger charge is 2.15. The Balaban J connectivity index is 1.58. The Hall–Kier alpha value is -3.13. The van der Waals surface area contributed by atoms with E-state index < -0.39 is 11.8 Å². The molecule has 7 nitrogen and oxygen atoms in total. The summed E-state index contributed by atoms with van der Waals surface area (Å²) in [6, 6.07) is 8.30. The van der Waals surface area contributed by atoms with Crippen LogP contribution in [0.25, 0.3) is 0 Å². The molecular formula is C18H17N3O4S. The van der Waals surface area contributed by atoms with E-state index in [0.29, 0.717) is 35.0 Å². The van der Waals surface area contributed by atoms with Gasteiger partial charge in [0.2, 0.25) is 0 Å². The van der Waals surface area contributed by atoms with Crippen molar-refractivity contribution in [1.82, 2.24) is 15.8 Å². The molecule has 1 aromatic carbocycles. The molecule has 0 bridgehead atoms. The number of hydrogen-bond acceptors (Lipinski definition) is 6. The maximum atomic E-state index is 12.2. The van der Waals surface area contributed by atoms with E-state index in [0.717, 1.165) is 5.69 Å². The predicted octanol–water partition coefficient (Wildman–Crippen LogP) is 3.01. The summed E-state index contributed by atoms with van der Waals surface area (Å²) in [5.41, 5.74) is 8.05. The van der Waals surface area contributed by atoms with Gasteiger partial charge in [-0.05, 0) is 38.1 Å². The summed E-state index contributed by atoms with van der Waals surface area (Å²) in [5.74, 6) is 0.771. The summed E-state index contributed by atoms with van der Waals surface area (Å²) in [4.78, 5) is 28.5. The maximum Gasteiger partial charge on any atom is 0.273 e. The van der Waals surface area contributed by atoms with Gasteiger partial charge in [0.1, 0.15) is 23.9 Å². The minimum absolute atomic E-state index is 0.324. The van der Waals surface area contributed by atoms with Crippen LogP contribution in [-0.2, 0) is 6.61 Å². The first kappa shape index (κ1) is 17.7. The predicted molar refractivity (Wildman–Crippen MR) is 96.0 cm³/mol. The molecule has 2 heterocycles. The number of amides is 2. The zero-order valence-electron chi connectivity index (χ0n) is 14.2. The van der Waals surface area contributed by atoms with E-state index in [1.54, 1.807) is 49.7 Å². The van der Waals surface area contributed by atoms with Gasteiger partial charge in [-0.1, -0.05) is 6.07 Å². The molecule has 0 unspecified atom stereocenters. The first-order chi connectivity index (χ1) is 12.5. The SMILES string of the molecule is Cc1cc(C(=O)NNC(=O)c2cccc(OCc3cscn3)c2)c(C)o1. The van der Waals surface area contributed by atoms with E-state index in [-0.39, 0.29) is 0 Å². The zero-order valence-corrected chi connectivity index (χ0v) is 15.1. The van der Waals surface area contributed by atoms with E-state index in [1.165, 1.54) is 11.3 Å². The Morgan fingerprint density at radius 2 is 2.00 bits per heavy atom. The van der Waals surface area contributed by atoms with Crippen molar-refractivity contribution in [2.24, 2.45) is 0 Å². The highest BCUT2D eigenvalue weighted by molar-refractivity contribution is 7.07. The third-order valence-corrected chi connectivity index (χ3v) is 4.18. The molecule has 134 valence electrons. The van der Waals surface area contributed by atoms with Gasteiger partial charge in [0.25, 0.3) is 11.8 Å². The first-order valence-corrected chi connectivity index (χ1v) is 8.75. The number of benzene rings is 1. The van der Waals surface area contributed by atoms with Crippen LogP contribution in [0.5, 0.6) is 5.75 Å². The number of ether oxygens (including phenoxy) is 1. The lowest BCUT2D eigenvalue weighted by molar-refractivity contribution is 0.0845. The average molecular weight is 371 g/mol. The van der Waals surface area contributed by atoms with Crippen molar-refractivity contribution >= 4 is 23.2 Å². The van der Waals surface area contributed by atoms with Crippen LogP contribution in [0.3, 0.4) is 0 Å². The Morgan fingerprint density at radius 3 is 2.69 bits per heavy atom. The molecule has 0 spiro atoms. The minimum atomic E-state index is -0.449. The van der Waals surface area contributed by atoms with Gasteiger partial charge in [-0.25, -0.2) is 4.98 Å². The van der Waals surface area contributed by atoms with Crippen LogP contribution in [0.4, 0.5) is 0 Å². The van der Waals surface area contributed by atoms with Crippen LogP contribution in [0.1, 0.15) is 37.9 Å². The third kappa shape index (κ3) is 4.28.